The van der Waals surface area contributed by atoms with E-state index in [2.05, 4.69) is 38.7 Å². The SMILES string of the molecule is COc1cc(N2CCN(CCS(C)(=O)=O)CC2)c(C)cc1Nc1nccc(-c2sc(CC(C)C)nc2C2=CC(NS(=O)(=O)c3c(F)cccc3F)CC=C2)n1. The van der Waals surface area contributed by atoms with Gasteiger partial charge in [-0.05, 0) is 54.7 Å². The van der Waals surface area contributed by atoms with E-state index in [4.69, 9.17) is 14.7 Å². The first-order chi connectivity index (χ1) is 26.1. The van der Waals surface area contributed by atoms with E-state index in [-0.39, 0.29) is 12.2 Å². The van der Waals surface area contributed by atoms with Crippen molar-refractivity contribution in [3.8, 4) is 16.3 Å². The molecule has 17 heteroatoms. The lowest BCUT2D eigenvalue weighted by atomic mass is 10.00. The van der Waals surface area contributed by atoms with E-state index in [9.17, 15) is 25.6 Å². The Bertz CT molecular complexity index is 2300. The fourth-order valence-electron chi connectivity index (χ4n) is 6.55. The molecule has 2 aliphatic rings. The lowest BCUT2D eigenvalue weighted by Crippen LogP contribution is -2.47. The van der Waals surface area contributed by atoms with Crippen LogP contribution in [0.25, 0.3) is 16.1 Å². The molecule has 1 aliphatic carbocycles. The predicted molar refractivity (Wildman–Crippen MR) is 213 cm³/mol. The number of aromatic nitrogens is 3. The molecule has 4 aromatic rings. The third kappa shape index (κ3) is 9.94. The average Bonchev–Trinajstić information content (AvgIpc) is 3.54. The van der Waals surface area contributed by atoms with Gasteiger partial charge in [0.05, 0.1) is 39.8 Å². The Balaban J connectivity index is 1.25. The molecule has 12 nitrogen and oxygen atoms in total. The first-order valence-electron chi connectivity index (χ1n) is 17.9. The molecule has 0 bridgehead atoms. The molecule has 294 valence electrons. The van der Waals surface area contributed by atoms with Gasteiger partial charge in [0, 0.05) is 69.4 Å². The Hall–Kier alpha value is -4.29. The van der Waals surface area contributed by atoms with Crippen LogP contribution in [0.2, 0.25) is 0 Å². The first kappa shape index (κ1) is 40.4. The van der Waals surface area contributed by atoms with Crippen LogP contribution in [-0.4, -0.2) is 94.6 Å². The van der Waals surface area contributed by atoms with Gasteiger partial charge in [-0.15, -0.1) is 11.3 Å². The quantitative estimate of drug-likeness (QED) is 0.155. The predicted octanol–water partition coefficient (Wildman–Crippen LogP) is 5.99. The molecule has 55 heavy (non-hydrogen) atoms. The third-order valence-corrected chi connectivity index (χ3v) is 12.8. The van der Waals surface area contributed by atoms with Gasteiger partial charge >= 0.3 is 0 Å². The molecule has 1 saturated heterocycles. The van der Waals surface area contributed by atoms with E-state index in [0.29, 0.717) is 53.2 Å². The first-order valence-corrected chi connectivity index (χ1v) is 22.2. The zero-order chi connectivity index (χ0) is 39.5. The number of aryl methyl sites for hydroxylation is 1. The minimum absolute atomic E-state index is 0.147. The summed E-state index contributed by atoms with van der Waals surface area (Å²) in [7, 11) is -5.94. The highest BCUT2D eigenvalue weighted by molar-refractivity contribution is 7.90. The molecular formula is C38H45F2N7O5S3. The largest absolute Gasteiger partial charge is 0.494 e. The number of thiazole rings is 1. The van der Waals surface area contributed by atoms with Crippen LogP contribution in [0.1, 0.15) is 36.5 Å². The van der Waals surface area contributed by atoms with Gasteiger partial charge in [-0.3, -0.25) is 4.90 Å². The molecule has 0 amide bonds. The number of piperazine rings is 1. The fourth-order valence-corrected chi connectivity index (χ4v) is 9.74. The Morgan fingerprint density at radius 3 is 2.44 bits per heavy atom. The molecule has 1 aliphatic heterocycles. The fraction of sp³-hybridized carbons (Fsp3) is 0.395. The van der Waals surface area contributed by atoms with Gasteiger partial charge in [-0.2, -0.15) is 0 Å². The topological polar surface area (TPSA) is 147 Å². The molecule has 2 N–H and O–H groups in total. The van der Waals surface area contributed by atoms with Crippen molar-refractivity contribution in [1.29, 1.82) is 0 Å². The van der Waals surface area contributed by atoms with Crippen molar-refractivity contribution in [2.75, 3.05) is 62.1 Å². The van der Waals surface area contributed by atoms with E-state index in [1.807, 2.05) is 25.1 Å². The highest BCUT2D eigenvalue weighted by atomic mass is 32.2. The number of methoxy groups -OCH3 is 1. The highest BCUT2D eigenvalue weighted by Crippen LogP contribution is 2.38. The summed E-state index contributed by atoms with van der Waals surface area (Å²) in [6, 6.07) is 7.92. The van der Waals surface area contributed by atoms with Crippen LogP contribution in [0.5, 0.6) is 5.75 Å². The summed E-state index contributed by atoms with van der Waals surface area (Å²) in [6.45, 7) is 9.77. The second-order valence-electron chi connectivity index (χ2n) is 14.1. The number of rotatable bonds is 14. The van der Waals surface area contributed by atoms with Crippen LogP contribution in [0.3, 0.4) is 0 Å². The number of allylic oxidation sites excluding steroid dienone is 2. The molecule has 0 saturated carbocycles. The standard InChI is InChI=1S/C38H45F2N7O5S3/c1-24(2)20-34-44-35(26-8-6-9-27(22-26)45-55(50,51)37-28(39)10-7-11-29(37)40)36(53-34)30-12-13-41-38(42-30)43-31-21-25(3)32(23-33(31)52-4)47-16-14-46(15-17-47)18-19-54(5,48)49/h6-8,10-13,21-24,27,45H,9,14-20H2,1-5H3,(H,41,42,43). The van der Waals surface area contributed by atoms with Gasteiger partial charge in [-0.25, -0.2) is 45.3 Å². The molecule has 0 radical (unpaired) electrons. The molecule has 0 spiro atoms. The van der Waals surface area contributed by atoms with Crippen molar-refractivity contribution < 1.29 is 30.4 Å². The number of sulfonamides is 1. The number of ether oxygens (including phenoxy) is 1. The monoisotopic (exact) mass is 813 g/mol. The van der Waals surface area contributed by atoms with Crippen molar-refractivity contribution in [1.82, 2.24) is 24.6 Å². The highest BCUT2D eigenvalue weighted by Gasteiger charge is 2.28. The normalized spacial score (nSPS) is 16.8. The number of hydrogen-bond donors (Lipinski definition) is 2. The van der Waals surface area contributed by atoms with Crippen LogP contribution in [0.4, 0.5) is 26.1 Å². The summed E-state index contributed by atoms with van der Waals surface area (Å²) in [5.74, 6) is -0.930. The van der Waals surface area contributed by atoms with Crippen LogP contribution < -0.4 is 19.7 Å². The minimum atomic E-state index is -4.52. The minimum Gasteiger partial charge on any atom is -0.494 e. The summed E-state index contributed by atoms with van der Waals surface area (Å²) in [4.78, 5) is 18.5. The molecule has 2 aromatic heterocycles. The average molecular weight is 814 g/mol. The van der Waals surface area contributed by atoms with E-state index in [1.54, 1.807) is 31.5 Å². The molecule has 6 rings (SSSR count). The van der Waals surface area contributed by atoms with Crippen molar-refractivity contribution in [3.63, 3.8) is 0 Å². The van der Waals surface area contributed by atoms with Crippen molar-refractivity contribution in [2.45, 2.75) is 44.6 Å². The molecular weight excluding hydrogens is 769 g/mol. The second-order valence-corrected chi connectivity index (χ2v) is 19.1. The number of nitrogens with one attached hydrogen (secondary N) is 2. The Labute approximate surface area is 325 Å². The van der Waals surface area contributed by atoms with Crippen LogP contribution in [-0.2, 0) is 26.3 Å². The van der Waals surface area contributed by atoms with Crippen molar-refractivity contribution in [2.24, 2.45) is 5.92 Å². The molecule has 1 fully saturated rings. The third-order valence-electron chi connectivity index (χ3n) is 9.23. The number of benzene rings is 2. The Morgan fingerprint density at radius 2 is 1.76 bits per heavy atom. The maximum absolute atomic E-state index is 14.4. The lowest BCUT2D eigenvalue weighted by molar-refractivity contribution is 0.272. The van der Waals surface area contributed by atoms with Crippen LogP contribution in [0, 0.1) is 24.5 Å². The number of nitrogens with zero attached hydrogens (tertiary/aromatic N) is 5. The van der Waals surface area contributed by atoms with Crippen molar-refractivity contribution in [3.05, 3.63) is 88.7 Å². The summed E-state index contributed by atoms with van der Waals surface area (Å²) in [5.41, 5.74) is 4.58. The maximum Gasteiger partial charge on any atom is 0.246 e. The number of anilines is 3. The summed E-state index contributed by atoms with van der Waals surface area (Å²) in [5, 5.41) is 4.20. The molecule has 1 unspecified atom stereocenters. The summed E-state index contributed by atoms with van der Waals surface area (Å²) < 4.78 is 86.6. The van der Waals surface area contributed by atoms with Gasteiger partial charge in [0.25, 0.3) is 0 Å². The van der Waals surface area contributed by atoms with E-state index >= 15 is 0 Å². The van der Waals surface area contributed by atoms with Gasteiger partial charge in [0.2, 0.25) is 16.0 Å². The zero-order valence-corrected chi connectivity index (χ0v) is 33.8. The number of halogens is 2. The van der Waals surface area contributed by atoms with E-state index in [1.165, 1.54) is 17.6 Å². The maximum atomic E-state index is 14.4. The number of hydrogen-bond acceptors (Lipinski definition) is 12. The molecule has 3 heterocycles. The summed E-state index contributed by atoms with van der Waals surface area (Å²) in [6.07, 6.45) is 9.27. The van der Waals surface area contributed by atoms with Crippen LogP contribution >= 0.6 is 11.3 Å². The Morgan fingerprint density at radius 1 is 1.04 bits per heavy atom. The van der Waals surface area contributed by atoms with E-state index < -0.39 is 42.4 Å². The van der Waals surface area contributed by atoms with Crippen LogP contribution in [0.15, 0.2) is 65.7 Å². The molecule has 2 aromatic carbocycles. The molecule has 1 atom stereocenters. The number of sulfone groups is 1. The van der Waals surface area contributed by atoms with Crippen molar-refractivity contribution >= 4 is 54.1 Å². The Kier molecular flexibility index (Phi) is 12.4. The van der Waals surface area contributed by atoms with E-state index in [0.717, 1.165) is 65.5 Å². The summed E-state index contributed by atoms with van der Waals surface area (Å²) >= 11 is 1.49. The van der Waals surface area contributed by atoms with Gasteiger partial charge < -0.3 is 15.0 Å². The van der Waals surface area contributed by atoms with Gasteiger partial charge in [0.1, 0.15) is 27.2 Å². The van der Waals surface area contributed by atoms with Gasteiger partial charge in [-0.1, -0.05) is 38.1 Å². The van der Waals surface area contributed by atoms with Gasteiger partial charge in [0.15, 0.2) is 4.90 Å². The lowest BCUT2D eigenvalue weighted by Gasteiger charge is -2.37. The smallest absolute Gasteiger partial charge is 0.246 e. The zero-order valence-electron chi connectivity index (χ0n) is 31.3. The second kappa shape index (κ2) is 16.8.